The van der Waals surface area contributed by atoms with Gasteiger partial charge in [0.1, 0.15) is 6.04 Å². The zero-order chi connectivity index (χ0) is 13.1. The number of aliphatic carboxylic acids is 1. The fraction of sp³-hybridized carbons (Fsp3) is 0.667. The number of esters is 1. The molecule has 1 amide bonds. The molecule has 0 radical (unpaired) electrons. The van der Waals surface area contributed by atoms with Gasteiger partial charge in [-0.3, -0.25) is 14.4 Å². The summed E-state index contributed by atoms with van der Waals surface area (Å²) in [5.41, 5.74) is 9.81. The lowest BCUT2D eigenvalue weighted by Crippen LogP contribution is -2.31. The Kier molecular flexibility index (Phi) is 10.4. The third kappa shape index (κ3) is 14.9. The molecule has 1 atom stereocenters. The molecule has 0 aromatic rings. The Balaban J connectivity index is 0. The van der Waals surface area contributed by atoms with Crippen molar-refractivity contribution in [3.8, 4) is 0 Å². The number of hydrogen-bond donors (Lipinski definition) is 3. The minimum Gasteiger partial charge on any atom is -0.480 e. The third-order valence-electron chi connectivity index (χ3n) is 1.37. The molecule has 0 heterocycles. The van der Waals surface area contributed by atoms with Crippen LogP contribution < -0.4 is 11.5 Å². The van der Waals surface area contributed by atoms with Crippen LogP contribution >= 0.6 is 0 Å². The van der Waals surface area contributed by atoms with Crippen LogP contribution in [-0.2, 0) is 19.1 Å². The van der Waals surface area contributed by atoms with E-state index < -0.39 is 17.9 Å². The molecule has 0 saturated heterocycles. The van der Waals surface area contributed by atoms with Crippen molar-refractivity contribution in [3.05, 3.63) is 0 Å². The summed E-state index contributed by atoms with van der Waals surface area (Å²) in [6, 6.07) is -0.979. The number of amides is 1. The first-order valence-electron chi connectivity index (χ1n) is 4.71. The average Bonchev–Trinajstić information content (AvgIpc) is 2.14. The smallest absolute Gasteiger partial charge is 0.320 e. The molecular weight excluding hydrogens is 216 g/mol. The summed E-state index contributed by atoms with van der Waals surface area (Å²) in [7, 11) is 0. The quantitative estimate of drug-likeness (QED) is 0.535. The lowest BCUT2D eigenvalue weighted by molar-refractivity contribution is -0.140. The highest BCUT2D eigenvalue weighted by molar-refractivity contribution is 5.76. The second-order valence-electron chi connectivity index (χ2n) is 2.87. The van der Waals surface area contributed by atoms with E-state index in [-0.39, 0.29) is 18.8 Å². The lowest BCUT2D eigenvalue weighted by atomic mass is 10.2. The van der Waals surface area contributed by atoms with E-state index in [9.17, 15) is 14.4 Å². The van der Waals surface area contributed by atoms with Gasteiger partial charge < -0.3 is 21.3 Å². The number of nitrogens with two attached hydrogens (primary N) is 2. The van der Waals surface area contributed by atoms with Gasteiger partial charge >= 0.3 is 11.9 Å². The Hall–Kier alpha value is -1.63. The van der Waals surface area contributed by atoms with Gasteiger partial charge in [0.25, 0.3) is 0 Å². The van der Waals surface area contributed by atoms with Crippen molar-refractivity contribution in [2.75, 3.05) is 6.61 Å². The molecule has 0 rings (SSSR count). The van der Waals surface area contributed by atoms with Crippen LogP contribution in [0.2, 0.25) is 0 Å². The Labute approximate surface area is 93.7 Å². The Morgan fingerprint density at radius 1 is 1.38 bits per heavy atom. The highest BCUT2D eigenvalue weighted by Crippen LogP contribution is 1.92. The van der Waals surface area contributed by atoms with Gasteiger partial charge in [0.05, 0.1) is 6.61 Å². The molecule has 0 aliphatic heterocycles. The topological polar surface area (TPSA) is 133 Å². The van der Waals surface area contributed by atoms with Gasteiger partial charge in [-0.15, -0.1) is 0 Å². The van der Waals surface area contributed by atoms with Crippen LogP contribution in [0, 0.1) is 0 Å². The van der Waals surface area contributed by atoms with E-state index in [1.165, 1.54) is 6.92 Å². The average molecular weight is 234 g/mol. The molecule has 7 heteroatoms. The lowest BCUT2D eigenvalue weighted by Gasteiger charge is -2.01. The van der Waals surface area contributed by atoms with Crippen LogP contribution in [-0.4, -0.2) is 35.6 Å². The predicted molar refractivity (Wildman–Crippen MR) is 56.3 cm³/mol. The van der Waals surface area contributed by atoms with Crippen LogP contribution in [0.5, 0.6) is 0 Å². The molecule has 94 valence electrons. The summed E-state index contributed by atoms with van der Waals surface area (Å²) >= 11 is 0. The predicted octanol–water partition coefficient (Wildman–Crippen LogP) is -0.767. The number of carbonyl (C=O) groups is 3. The number of primary amides is 1. The second kappa shape index (κ2) is 9.91. The van der Waals surface area contributed by atoms with E-state index in [0.717, 1.165) is 0 Å². The molecule has 5 N–H and O–H groups in total. The Morgan fingerprint density at radius 2 is 1.88 bits per heavy atom. The standard InChI is InChI=1S/C5H10N2O3.C4H8O2/c6-3(5(9)10)1-2-4(7)8;1-3-6-4(2)5/h3H,1-2,6H2,(H2,7,8)(H,9,10);3H2,1-2H3/t3-;/m0./s1. The molecule has 0 fully saturated rings. The normalized spacial score (nSPS) is 10.7. The maximum Gasteiger partial charge on any atom is 0.320 e. The molecular formula is C9H18N2O5. The van der Waals surface area contributed by atoms with Crippen LogP contribution in [0.1, 0.15) is 26.7 Å². The molecule has 0 aromatic heterocycles. The van der Waals surface area contributed by atoms with E-state index in [1.54, 1.807) is 6.92 Å². The molecule has 0 aliphatic carbocycles. The molecule has 16 heavy (non-hydrogen) atoms. The summed E-state index contributed by atoms with van der Waals surface area (Å²) in [5, 5.41) is 8.22. The van der Waals surface area contributed by atoms with Crippen molar-refractivity contribution >= 4 is 17.8 Å². The zero-order valence-corrected chi connectivity index (χ0v) is 9.43. The molecule has 7 nitrogen and oxygen atoms in total. The Bertz CT molecular complexity index is 242. The van der Waals surface area contributed by atoms with Crippen LogP contribution in [0.3, 0.4) is 0 Å². The SMILES string of the molecule is CCOC(C)=O.NC(=O)CC[C@H](N)C(=O)O. The number of carboxylic acid groups (broad SMARTS) is 1. The summed E-state index contributed by atoms with van der Waals surface area (Å²) < 4.78 is 4.40. The number of hydrogen-bond acceptors (Lipinski definition) is 5. The van der Waals surface area contributed by atoms with Crippen LogP contribution in [0.15, 0.2) is 0 Å². The van der Waals surface area contributed by atoms with Gasteiger partial charge in [-0.05, 0) is 13.3 Å². The van der Waals surface area contributed by atoms with Crippen molar-refractivity contribution in [2.24, 2.45) is 11.5 Å². The van der Waals surface area contributed by atoms with Crippen LogP contribution in [0.25, 0.3) is 0 Å². The van der Waals surface area contributed by atoms with Gasteiger partial charge in [-0.1, -0.05) is 0 Å². The van der Waals surface area contributed by atoms with Crippen molar-refractivity contribution in [3.63, 3.8) is 0 Å². The van der Waals surface area contributed by atoms with E-state index in [1.807, 2.05) is 0 Å². The first kappa shape index (κ1) is 16.8. The third-order valence-corrected chi connectivity index (χ3v) is 1.37. The maximum absolute atomic E-state index is 10.1. The van der Waals surface area contributed by atoms with E-state index in [2.05, 4.69) is 4.74 Å². The zero-order valence-electron chi connectivity index (χ0n) is 9.43. The van der Waals surface area contributed by atoms with Crippen molar-refractivity contribution in [1.82, 2.24) is 0 Å². The fourth-order valence-electron chi connectivity index (χ4n) is 0.624. The van der Waals surface area contributed by atoms with E-state index in [0.29, 0.717) is 6.61 Å². The first-order valence-corrected chi connectivity index (χ1v) is 4.71. The summed E-state index contributed by atoms with van der Waals surface area (Å²) in [4.78, 5) is 30.0. The molecule has 0 aromatic carbocycles. The minimum absolute atomic E-state index is 0.0213. The highest BCUT2D eigenvalue weighted by Gasteiger charge is 2.11. The molecule has 0 spiro atoms. The highest BCUT2D eigenvalue weighted by atomic mass is 16.5. The summed E-state index contributed by atoms with van der Waals surface area (Å²) in [5.74, 6) is -1.85. The van der Waals surface area contributed by atoms with Gasteiger partial charge in [0.15, 0.2) is 0 Å². The first-order chi connectivity index (χ1) is 7.31. The van der Waals surface area contributed by atoms with Gasteiger partial charge in [-0.2, -0.15) is 0 Å². The van der Waals surface area contributed by atoms with E-state index >= 15 is 0 Å². The van der Waals surface area contributed by atoms with Gasteiger partial charge in [0, 0.05) is 13.3 Å². The van der Waals surface area contributed by atoms with Crippen LogP contribution in [0.4, 0.5) is 0 Å². The number of carbonyl (C=O) groups excluding carboxylic acids is 2. The van der Waals surface area contributed by atoms with Crippen molar-refractivity contribution in [1.29, 1.82) is 0 Å². The molecule has 0 saturated carbocycles. The number of carboxylic acids is 1. The molecule has 0 aliphatic rings. The Morgan fingerprint density at radius 3 is 2.06 bits per heavy atom. The van der Waals surface area contributed by atoms with Crippen molar-refractivity contribution < 1.29 is 24.2 Å². The number of rotatable bonds is 5. The molecule has 0 unspecified atom stereocenters. The van der Waals surface area contributed by atoms with Gasteiger partial charge in [-0.25, -0.2) is 0 Å². The van der Waals surface area contributed by atoms with Gasteiger partial charge in [0.2, 0.25) is 5.91 Å². The maximum atomic E-state index is 10.1. The monoisotopic (exact) mass is 234 g/mol. The second-order valence-corrected chi connectivity index (χ2v) is 2.87. The van der Waals surface area contributed by atoms with Crippen molar-refractivity contribution in [2.45, 2.75) is 32.7 Å². The molecule has 0 bridgehead atoms. The summed E-state index contributed by atoms with van der Waals surface area (Å²) in [6.45, 7) is 3.65. The minimum atomic E-state index is -1.11. The van der Waals surface area contributed by atoms with E-state index in [4.69, 9.17) is 16.6 Å². The largest absolute Gasteiger partial charge is 0.480 e. The summed E-state index contributed by atoms with van der Waals surface area (Å²) in [6.07, 6.45) is 0.123. The number of ether oxygens (including phenoxy) is 1. The fourth-order valence-corrected chi connectivity index (χ4v) is 0.624.